The lowest BCUT2D eigenvalue weighted by molar-refractivity contribution is -0.0190. The predicted octanol–water partition coefficient (Wildman–Crippen LogP) is 6.14. The van der Waals surface area contributed by atoms with Crippen LogP contribution in [-0.2, 0) is 0 Å². The molecule has 27 heavy (non-hydrogen) atoms. The van der Waals surface area contributed by atoms with Gasteiger partial charge in [0.2, 0.25) is 6.23 Å². The molecule has 2 aliphatic rings. The molecule has 0 aliphatic carbocycles. The fraction of sp³-hybridized carbons (Fsp3) is 0.190. The van der Waals surface area contributed by atoms with Gasteiger partial charge in [-0.1, -0.05) is 35.3 Å². The summed E-state index contributed by atoms with van der Waals surface area (Å²) in [4.78, 5) is 0. The maximum Gasteiger partial charge on any atom is 0.213 e. The number of nitrogens with zero attached hydrogens (tertiary/aromatic N) is 2. The Labute approximate surface area is 166 Å². The third kappa shape index (κ3) is 2.89. The SMILES string of the molecule is Cc1ccc(C2=NN3[C@H](C2)c2cc(Cl)ccc2O[C@H]3c2cccc(Cl)c2)o1. The first-order valence-corrected chi connectivity index (χ1v) is 9.48. The first-order valence-electron chi connectivity index (χ1n) is 8.73. The number of fused-ring (bicyclic) bond motifs is 3. The summed E-state index contributed by atoms with van der Waals surface area (Å²) in [6.45, 7) is 1.93. The van der Waals surface area contributed by atoms with E-state index in [0.29, 0.717) is 10.0 Å². The largest absolute Gasteiger partial charge is 0.464 e. The van der Waals surface area contributed by atoms with Crippen LogP contribution in [0, 0.1) is 6.92 Å². The van der Waals surface area contributed by atoms with Gasteiger partial charge >= 0.3 is 0 Å². The standard InChI is InChI=1S/C21H16Cl2N2O2/c1-12-5-7-20(26-12)17-11-18-16-10-15(23)6-8-19(16)27-21(25(18)24-17)13-3-2-4-14(22)9-13/h2-10,18,21H,11H2,1H3/t18-,21+/m1/s1. The Kier molecular flexibility index (Phi) is 3.92. The van der Waals surface area contributed by atoms with Crippen molar-refractivity contribution < 1.29 is 9.15 Å². The number of hydrogen-bond donors (Lipinski definition) is 0. The number of halogens is 2. The zero-order chi connectivity index (χ0) is 18.5. The molecule has 0 amide bonds. The van der Waals surface area contributed by atoms with E-state index in [9.17, 15) is 0 Å². The second-order valence-corrected chi connectivity index (χ2v) is 7.64. The van der Waals surface area contributed by atoms with E-state index >= 15 is 0 Å². The Morgan fingerprint density at radius 3 is 2.67 bits per heavy atom. The second kappa shape index (κ2) is 6.32. The fourth-order valence-corrected chi connectivity index (χ4v) is 4.06. The van der Waals surface area contributed by atoms with Crippen molar-refractivity contribution in [2.75, 3.05) is 0 Å². The Morgan fingerprint density at radius 1 is 1.04 bits per heavy atom. The van der Waals surface area contributed by atoms with Crippen LogP contribution < -0.4 is 4.74 Å². The van der Waals surface area contributed by atoms with Crippen LogP contribution in [0.3, 0.4) is 0 Å². The first kappa shape index (κ1) is 16.7. The van der Waals surface area contributed by atoms with Crippen molar-refractivity contribution in [2.45, 2.75) is 25.6 Å². The van der Waals surface area contributed by atoms with Gasteiger partial charge in [-0.3, -0.25) is 0 Å². The van der Waals surface area contributed by atoms with E-state index in [1.54, 1.807) is 0 Å². The van der Waals surface area contributed by atoms with E-state index < -0.39 is 0 Å². The van der Waals surface area contributed by atoms with Crippen molar-refractivity contribution in [1.82, 2.24) is 5.01 Å². The summed E-state index contributed by atoms with van der Waals surface area (Å²) in [5.41, 5.74) is 2.88. The van der Waals surface area contributed by atoms with Crippen molar-refractivity contribution in [3.63, 3.8) is 0 Å². The Morgan fingerprint density at radius 2 is 1.89 bits per heavy atom. The Bertz CT molecular complexity index is 1060. The average Bonchev–Trinajstić information content (AvgIpc) is 3.27. The van der Waals surface area contributed by atoms with Crippen LogP contribution in [0.1, 0.15) is 41.3 Å². The summed E-state index contributed by atoms with van der Waals surface area (Å²) in [6.07, 6.45) is 0.358. The zero-order valence-corrected chi connectivity index (χ0v) is 16.0. The van der Waals surface area contributed by atoms with Crippen LogP contribution in [0.15, 0.2) is 64.1 Å². The van der Waals surface area contributed by atoms with Gasteiger partial charge in [0.15, 0.2) is 0 Å². The summed E-state index contributed by atoms with van der Waals surface area (Å²) in [5, 5.41) is 8.19. The van der Waals surface area contributed by atoms with Gasteiger partial charge in [0.25, 0.3) is 0 Å². The average molecular weight is 399 g/mol. The minimum Gasteiger partial charge on any atom is -0.464 e. The molecule has 0 fully saturated rings. The summed E-state index contributed by atoms with van der Waals surface area (Å²) in [6, 6.07) is 17.3. The number of aryl methyl sites for hydroxylation is 1. The van der Waals surface area contributed by atoms with Gasteiger partial charge in [0, 0.05) is 27.6 Å². The van der Waals surface area contributed by atoms with Crippen LogP contribution in [0.25, 0.3) is 0 Å². The molecule has 0 radical (unpaired) electrons. The molecule has 0 bridgehead atoms. The highest BCUT2D eigenvalue weighted by molar-refractivity contribution is 6.31. The normalized spacial score (nSPS) is 20.7. The molecule has 136 valence electrons. The van der Waals surface area contributed by atoms with E-state index in [-0.39, 0.29) is 12.3 Å². The molecule has 4 nitrogen and oxygen atoms in total. The molecule has 0 saturated heterocycles. The Hall–Kier alpha value is -2.43. The maximum atomic E-state index is 6.30. The monoisotopic (exact) mass is 398 g/mol. The summed E-state index contributed by atoms with van der Waals surface area (Å²) >= 11 is 12.5. The van der Waals surface area contributed by atoms with Crippen LogP contribution >= 0.6 is 23.2 Å². The van der Waals surface area contributed by atoms with Gasteiger partial charge in [-0.05, 0) is 49.4 Å². The third-order valence-corrected chi connectivity index (χ3v) is 5.38. The second-order valence-electron chi connectivity index (χ2n) is 6.76. The quantitative estimate of drug-likeness (QED) is 0.520. The van der Waals surface area contributed by atoms with Crippen molar-refractivity contribution in [3.05, 3.63) is 87.3 Å². The molecule has 0 saturated carbocycles. The molecule has 5 rings (SSSR count). The first-order chi connectivity index (χ1) is 13.1. The summed E-state index contributed by atoms with van der Waals surface area (Å²) in [7, 11) is 0. The minimum atomic E-state index is -0.365. The highest BCUT2D eigenvalue weighted by Gasteiger charge is 2.41. The lowest BCUT2D eigenvalue weighted by atomic mass is 9.97. The molecule has 2 aromatic carbocycles. The highest BCUT2D eigenvalue weighted by Crippen LogP contribution is 2.48. The molecule has 0 N–H and O–H groups in total. The zero-order valence-electron chi connectivity index (χ0n) is 14.5. The summed E-state index contributed by atoms with van der Waals surface area (Å²) in [5.74, 6) is 2.47. The molecule has 2 atom stereocenters. The van der Waals surface area contributed by atoms with Gasteiger partial charge < -0.3 is 9.15 Å². The number of hydrazone groups is 1. The molecular formula is C21H16Cl2N2O2. The molecular weight excluding hydrogens is 383 g/mol. The van der Waals surface area contributed by atoms with Gasteiger partial charge in [0.05, 0.1) is 6.04 Å². The van der Waals surface area contributed by atoms with Crippen LogP contribution in [0.4, 0.5) is 0 Å². The van der Waals surface area contributed by atoms with E-state index in [4.69, 9.17) is 37.5 Å². The molecule has 0 spiro atoms. The molecule has 6 heteroatoms. The highest BCUT2D eigenvalue weighted by atomic mass is 35.5. The lowest BCUT2D eigenvalue weighted by Gasteiger charge is -2.38. The Balaban J connectivity index is 1.62. The van der Waals surface area contributed by atoms with Crippen LogP contribution in [0.5, 0.6) is 5.75 Å². The molecule has 0 unspecified atom stereocenters. The van der Waals surface area contributed by atoms with Crippen molar-refractivity contribution in [3.8, 4) is 5.75 Å². The number of hydrogen-bond acceptors (Lipinski definition) is 4. The summed E-state index contributed by atoms with van der Waals surface area (Å²) < 4.78 is 12.1. The third-order valence-electron chi connectivity index (χ3n) is 4.91. The van der Waals surface area contributed by atoms with Crippen molar-refractivity contribution >= 4 is 28.9 Å². The lowest BCUT2D eigenvalue weighted by Crippen LogP contribution is -2.33. The van der Waals surface area contributed by atoms with Crippen molar-refractivity contribution in [2.24, 2.45) is 5.10 Å². The van der Waals surface area contributed by atoms with Crippen LogP contribution in [0.2, 0.25) is 10.0 Å². The van der Waals surface area contributed by atoms with Gasteiger partial charge in [-0.15, -0.1) is 0 Å². The van der Waals surface area contributed by atoms with E-state index in [1.807, 2.05) is 66.5 Å². The number of furan rings is 1. The van der Waals surface area contributed by atoms with Gasteiger partial charge in [-0.25, -0.2) is 5.01 Å². The van der Waals surface area contributed by atoms with E-state index in [1.165, 1.54) is 0 Å². The number of benzene rings is 2. The predicted molar refractivity (Wildman–Crippen MR) is 105 cm³/mol. The van der Waals surface area contributed by atoms with E-state index in [0.717, 1.165) is 40.5 Å². The minimum absolute atomic E-state index is 0.0248. The smallest absolute Gasteiger partial charge is 0.213 e. The molecule has 1 aromatic heterocycles. The van der Waals surface area contributed by atoms with Gasteiger partial charge in [-0.2, -0.15) is 5.10 Å². The molecule has 3 heterocycles. The topological polar surface area (TPSA) is 38.0 Å². The number of rotatable bonds is 2. The van der Waals surface area contributed by atoms with Crippen molar-refractivity contribution in [1.29, 1.82) is 0 Å². The molecule has 3 aromatic rings. The molecule has 2 aliphatic heterocycles. The van der Waals surface area contributed by atoms with E-state index in [2.05, 4.69) is 0 Å². The number of ether oxygens (including phenoxy) is 1. The maximum absolute atomic E-state index is 6.30. The van der Waals surface area contributed by atoms with Gasteiger partial charge in [0.1, 0.15) is 23.0 Å². The fourth-order valence-electron chi connectivity index (χ4n) is 3.68. The van der Waals surface area contributed by atoms with Crippen LogP contribution in [-0.4, -0.2) is 10.7 Å².